The number of nitrogens with zero attached hydrogens (tertiary/aromatic N) is 3. The molecule has 0 atom stereocenters. The first-order valence-electron chi connectivity index (χ1n) is 10.4. The first-order valence-corrected chi connectivity index (χ1v) is 10.4. The third-order valence-electron chi connectivity index (χ3n) is 6.02. The molecule has 2 heterocycles. The molecular weight excluding hydrogens is 373 g/mol. The van der Waals surface area contributed by atoms with E-state index in [4.69, 9.17) is 9.15 Å². The monoisotopic (exact) mass is 401 g/mol. The van der Waals surface area contributed by atoms with Gasteiger partial charge in [0.1, 0.15) is 5.76 Å². The van der Waals surface area contributed by atoms with Gasteiger partial charge in [0.25, 0.3) is 0 Å². The summed E-state index contributed by atoms with van der Waals surface area (Å²) in [6.07, 6.45) is 6.02. The molecule has 1 saturated heterocycles. The van der Waals surface area contributed by atoms with Crippen molar-refractivity contribution in [2.75, 3.05) is 26.7 Å². The van der Waals surface area contributed by atoms with Crippen LogP contribution < -0.4 is 4.74 Å². The molecule has 0 radical (unpaired) electrons. The summed E-state index contributed by atoms with van der Waals surface area (Å²) in [5, 5.41) is 0. The summed E-state index contributed by atoms with van der Waals surface area (Å²) in [7, 11) is 1.43. The van der Waals surface area contributed by atoms with Gasteiger partial charge in [0.05, 0.1) is 19.3 Å². The van der Waals surface area contributed by atoms with Gasteiger partial charge in [-0.1, -0.05) is 19.3 Å². The van der Waals surface area contributed by atoms with Crippen LogP contribution in [0.25, 0.3) is 11.5 Å². The summed E-state index contributed by atoms with van der Waals surface area (Å²) in [4.78, 5) is 21.5. The van der Waals surface area contributed by atoms with Crippen LogP contribution in [0.5, 0.6) is 5.75 Å². The zero-order valence-corrected chi connectivity index (χ0v) is 17.1. The molecule has 0 unspecified atom stereocenters. The Bertz CT molecular complexity index is 876. The maximum Gasteiger partial charge on any atom is 0.237 e. The molecule has 29 heavy (non-hydrogen) atoms. The normalized spacial score (nSPS) is 19.0. The highest BCUT2D eigenvalue weighted by Gasteiger charge is 2.31. The number of ether oxygens (including phenoxy) is 1. The van der Waals surface area contributed by atoms with Crippen molar-refractivity contribution in [2.24, 2.45) is 0 Å². The number of oxazole rings is 1. The molecule has 4 rings (SSSR count). The fourth-order valence-electron chi connectivity index (χ4n) is 4.35. The maximum atomic E-state index is 13.7. The van der Waals surface area contributed by atoms with Gasteiger partial charge in [-0.15, -0.1) is 0 Å². The number of aryl methyl sites for hydroxylation is 1. The first kappa shape index (κ1) is 19.9. The Morgan fingerprint density at radius 3 is 2.76 bits per heavy atom. The lowest BCUT2D eigenvalue weighted by molar-refractivity contribution is -0.139. The van der Waals surface area contributed by atoms with Crippen LogP contribution in [-0.4, -0.2) is 53.5 Å². The van der Waals surface area contributed by atoms with Crippen molar-refractivity contribution < 1.29 is 18.3 Å². The van der Waals surface area contributed by atoms with Crippen LogP contribution >= 0.6 is 0 Å². The number of aromatic nitrogens is 1. The van der Waals surface area contributed by atoms with Crippen LogP contribution in [0.4, 0.5) is 4.39 Å². The number of methoxy groups -OCH3 is 1. The van der Waals surface area contributed by atoms with E-state index in [1.54, 1.807) is 12.1 Å². The van der Waals surface area contributed by atoms with Gasteiger partial charge in [-0.2, -0.15) is 0 Å². The Hall–Kier alpha value is -2.41. The molecule has 2 fully saturated rings. The van der Waals surface area contributed by atoms with Crippen LogP contribution in [0.3, 0.4) is 0 Å². The number of rotatable bonds is 5. The summed E-state index contributed by atoms with van der Waals surface area (Å²) in [5.74, 6) is 1.10. The Morgan fingerprint density at radius 1 is 1.24 bits per heavy atom. The lowest BCUT2D eigenvalue weighted by Crippen LogP contribution is -2.54. The Balaban J connectivity index is 1.42. The van der Waals surface area contributed by atoms with Gasteiger partial charge >= 0.3 is 0 Å². The molecule has 1 amide bonds. The minimum absolute atomic E-state index is 0.157. The van der Waals surface area contributed by atoms with Gasteiger partial charge in [-0.3, -0.25) is 9.69 Å². The predicted octanol–water partition coefficient (Wildman–Crippen LogP) is 3.77. The molecule has 2 aromatic rings. The van der Waals surface area contributed by atoms with Crippen LogP contribution in [0, 0.1) is 12.7 Å². The quantitative estimate of drug-likeness (QED) is 0.763. The zero-order chi connectivity index (χ0) is 20.4. The minimum Gasteiger partial charge on any atom is -0.494 e. The Kier molecular flexibility index (Phi) is 5.85. The van der Waals surface area contributed by atoms with E-state index >= 15 is 0 Å². The topological polar surface area (TPSA) is 58.8 Å². The van der Waals surface area contributed by atoms with E-state index in [-0.39, 0.29) is 11.7 Å². The van der Waals surface area contributed by atoms with Crippen molar-refractivity contribution in [1.82, 2.24) is 14.8 Å². The maximum absolute atomic E-state index is 13.7. The van der Waals surface area contributed by atoms with Crippen LogP contribution in [-0.2, 0) is 11.3 Å². The van der Waals surface area contributed by atoms with E-state index in [0.717, 1.165) is 31.6 Å². The standard InChI is InChI=1S/C22H28FN3O3/c1-15-19(24-22(29-15)16-8-9-18(23)20(12-16)28-2)13-25-10-11-26(21(27)14-25)17-6-4-3-5-7-17/h8-9,12,17H,3-7,10-11,13-14H2,1-2H3. The molecule has 6 nitrogen and oxygen atoms in total. The number of amides is 1. The van der Waals surface area contributed by atoms with E-state index in [2.05, 4.69) is 14.8 Å². The average Bonchev–Trinajstić information content (AvgIpc) is 3.09. The predicted molar refractivity (Wildman–Crippen MR) is 107 cm³/mol. The summed E-state index contributed by atoms with van der Waals surface area (Å²) >= 11 is 0. The summed E-state index contributed by atoms with van der Waals surface area (Å²) in [6, 6.07) is 4.97. The number of benzene rings is 1. The molecule has 1 saturated carbocycles. The van der Waals surface area contributed by atoms with E-state index in [1.807, 2.05) is 6.92 Å². The molecule has 1 aromatic carbocycles. The smallest absolute Gasteiger partial charge is 0.237 e. The number of halogens is 1. The molecule has 7 heteroatoms. The molecule has 1 aliphatic carbocycles. The second-order valence-corrected chi connectivity index (χ2v) is 7.96. The zero-order valence-electron chi connectivity index (χ0n) is 17.1. The van der Waals surface area contributed by atoms with Gasteiger partial charge < -0.3 is 14.1 Å². The third kappa shape index (κ3) is 4.29. The molecule has 1 aliphatic heterocycles. The Morgan fingerprint density at radius 2 is 2.03 bits per heavy atom. The van der Waals surface area contributed by atoms with Crippen molar-refractivity contribution in [1.29, 1.82) is 0 Å². The fourth-order valence-corrected chi connectivity index (χ4v) is 4.35. The van der Waals surface area contributed by atoms with Crippen molar-refractivity contribution in [3.8, 4) is 17.2 Å². The lowest BCUT2D eigenvalue weighted by Gasteiger charge is -2.40. The Labute approximate surface area is 170 Å². The third-order valence-corrected chi connectivity index (χ3v) is 6.02. The molecular formula is C22H28FN3O3. The fraction of sp³-hybridized carbons (Fsp3) is 0.545. The number of hydrogen-bond donors (Lipinski definition) is 0. The summed E-state index contributed by atoms with van der Waals surface area (Å²) in [6.45, 7) is 4.48. The second kappa shape index (κ2) is 8.53. The van der Waals surface area contributed by atoms with Gasteiger partial charge in [-0.25, -0.2) is 9.37 Å². The molecule has 156 valence electrons. The van der Waals surface area contributed by atoms with E-state index in [9.17, 15) is 9.18 Å². The largest absolute Gasteiger partial charge is 0.494 e. The van der Waals surface area contributed by atoms with Crippen molar-refractivity contribution in [3.63, 3.8) is 0 Å². The lowest BCUT2D eigenvalue weighted by atomic mass is 9.93. The van der Waals surface area contributed by atoms with Gasteiger partial charge in [-0.05, 0) is 38.0 Å². The van der Waals surface area contributed by atoms with Gasteiger partial charge in [0.2, 0.25) is 11.8 Å². The number of piperazine rings is 1. The number of carbonyl (C=O) groups is 1. The van der Waals surface area contributed by atoms with Crippen LogP contribution in [0.1, 0.15) is 43.6 Å². The van der Waals surface area contributed by atoms with Crippen molar-refractivity contribution in [2.45, 2.75) is 51.6 Å². The second-order valence-electron chi connectivity index (χ2n) is 7.96. The average molecular weight is 401 g/mol. The highest BCUT2D eigenvalue weighted by atomic mass is 19.1. The molecule has 0 spiro atoms. The van der Waals surface area contributed by atoms with E-state index in [1.165, 1.54) is 32.4 Å². The highest BCUT2D eigenvalue weighted by molar-refractivity contribution is 5.79. The number of hydrogen-bond acceptors (Lipinski definition) is 5. The molecule has 2 aliphatic rings. The molecule has 0 bridgehead atoms. The molecule has 0 N–H and O–H groups in total. The summed E-state index contributed by atoms with van der Waals surface area (Å²) in [5.41, 5.74) is 1.47. The number of carbonyl (C=O) groups excluding carboxylic acids is 1. The highest BCUT2D eigenvalue weighted by Crippen LogP contribution is 2.28. The van der Waals surface area contributed by atoms with Crippen LogP contribution in [0.2, 0.25) is 0 Å². The van der Waals surface area contributed by atoms with Crippen LogP contribution in [0.15, 0.2) is 22.6 Å². The van der Waals surface area contributed by atoms with Crippen molar-refractivity contribution >= 4 is 5.91 Å². The SMILES string of the molecule is COc1cc(-c2nc(CN3CCN(C4CCCCC4)C(=O)C3)c(C)o2)ccc1F. The van der Waals surface area contributed by atoms with Gasteiger partial charge in [0.15, 0.2) is 11.6 Å². The van der Waals surface area contributed by atoms with E-state index < -0.39 is 5.82 Å². The first-order chi connectivity index (χ1) is 14.0. The van der Waals surface area contributed by atoms with Gasteiger partial charge in [0, 0.05) is 31.2 Å². The summed E-state index contributed by atoms with van der Waals surface area (Å²) < 4.78 is 24.5. The van der Waals surface area contributed by atoms with E-state index in [0.29, 0.717) is 36.3 Å². The van der Waals surface area contributed by atoms with Crippen molar-refractivity contribution in [3.05, 3.63) is 35.5 Å². The minimum atomic E-state index is -0.422. The molecule has 1 aromatic heterocycles.